The predicted molar refractivity (Wildman–Crippen MR) is 132 cm³/mol. The lowest BCUT2D eigenvalue weighted by Gasteiger charge is -2.23. The van der Waals surface area contributed by atoms with Crippen LogP contribution in [-0.2, 0) is 27.8 Å². The number of hydrogen-bond acceptors (Lipinski definition) is 16. The molecular weight excluding hydrogens is 593 g/mol. The number of halogens is 2. The Bertz CT molecular complexity index is 1680. The molecule has 0 bridgehead atoms. The number of alkyl halides is 1. The minimum absolute atomic E-state index is 0.0300. The molecule has 226 valence electrons. The molecule has 0 aromatic carbocycles. The smallest absolute Gasteiger partial charge is 0.387 e. The Morgan fingerprint density at radius 3 is 2.40 bits per heavy atom. The normalized spacial score (nSPS) is 31.3. The molecule has 6 heterocycles. The van der Waals surface area contributed by atoms with Gasteiger partial charge in [0.15, 0.2) is 59.5 Å². The molecule has 2 fully saturated rings. The van der Waals surface area contributed by atoms with Crippen LogP contribution in [0.1, 0.15) is 12.5 Å². The van der Waals surface area contributed by atoms with E-state index in [0.717, 1.165) is 10.9 Å². The summed E-state index contributed by atoms with van der Waals surface area (Å²) in [6.45, 7) is -0.836. The highest BCUT2D eigenvalue weighted by atomic mass is 31.2. The predicted octanol–water partition coefficient (Wildman–Crippen LogP) is -1.07. The number of nitrogens with two attached hydrogens (primary N) is 2. The van der Waals surface area contributed by atoms with E-state index in [2.05, 4.69) is 29.9 Å². The molecule has 19 nitrogen and oxygen atoms in total. The Morgan fingerprint density at radius 1 is 1.00 bits per heavy atom. The summed E-state index contributed by atoms with van der Waals surface area (Å²) in [6.07, 6.45) is -10.5. The molecule has 0 aliphatic carbocycles. The molecule has 0 saturated carbocycles. The van der Waals surface area contributed by atoms with Crippen molar-refractivity contribution in [1.29, 1.82) is 0 Å². The van der Waals surface area contributed by atoms with Crippen LogP contribution in [0.3, 0.4) is 0 Å². The zero-order chi connectivity index (χ0) is 29.9. The van der Waals surface area contributed by atoms with Gasteiger partial charge in [-0.25, -0.2) is 28.9 Å². The fourth-order valence-corrected chi connectivity index (χ4v) is 5.65. The van der Waals surface area contributed by atoms with Crippen molar-refractivity contribution in [2.75, 3.05) is 25.2 Å². The van der Waals surface area contributed by atoms with E-state index in [1.165, 1.54) is 24.3 Å². The zero-order valence-corrected chi connectivity index (χ0v) is 22.2. The third-order valence-electron chi connectivity index (χ3n) is 6.71. The molecule has 2 saturated heterocycles. The number of methoxy groups -OCH3 is 1. The molecule has 4 aromatic rings. The van der Waals surface area contributed by atoms with Gasteiger partial charge in [-0.3, -0.25) is 18.2 Å². The number of imidazole rings is 2. The maximum atomic E-state index is 15.0. The molecule has 0 radical (unpaired) electrons. The van der Waals surface area contributed by atoms with Crippen molar-refractivity contribution in [3.8, 4) is 0 Å². The van der Waals surface area contributed by atoms with Crippen molar-refractivity contribution in [3.05, 3.63) is 25.1 Å². The second-order valence-electron chi connectivity index (χ2n) is 9.24. The zero-order valence-electron chi connectivity index (χ0n) is 21.3. The van der Waals surface area contributed by atoms with Gasteiger partial charge in [0, 0.05) is 7.11 Å². The van der Waals surface area contributed by atoms with Crippen LogP contribution in [0.2, 0.25) is 0 Å². The van der Waals surface area contributed by atoms with Gasteiger partial charge in [-0.1, -0.05) is 0 Å². The van der Waals surface area contributed by atoms with E-state index in [1.54, 1.807) is 0 Å². The maximum absolute atomic E-state index is 15.0. The first-order valence-electron chi connectivity index (χ1n) is 12.1. The molecule has 9 atom stereocenters. The van der Waals surface area contributed by atoms with Crippen LogP contribution in [0.4, 0.5) is 20.4 Å². The van der Waals surface area contributed by atoms with E-state index >= 15 is 4.39 Å². The minimum atomic E-state index is -5.03. The average molecular weight is 616 g/mol. The van der Waals surface area contributed by atoms with Crippen LogP contribution in [0, 0.1) is 6.08 Å². The van der Waals surface area contributed by atoms with Gasteiger partial charge in [0.1, 0.15) is 30.2 Å². The van der Waals surface area contributed by atoms with E-state index in [0.29, 0.717) is 0 Å². The Hall–Kier alpha value is -3.53. The van der Waals surface area contributed by atoms with Crippen LogP contribution in [0.25, 0.3) is 22.3 Å². The molecule has 22 heteroatoms. The van der Waals surface area contributed by atoms with Gasteiger partial charge < -0.3 is 40.8 Å². The number of ether oxygens (including phenoxy) is 3. The second-order valence-corrected chi connectivity index (χ2v) is 10.6. The number of anilines is 2. The van der Waals surface area contributed by atoms with E-state index in [4.69, 9.17) is 34.7 Å². The lowest BCUT2D eigenvalue weighted by molar-refractivity contribution is -0.159. The molecule has 6 rings (SSSR count). The molecule has 4 aromatic heterocycles. The highest BCUT2D eigenvalue weighted by Crippen LogP contribution is 2.49. The van der Waals surface area contributed by atoms with E-state index in [-0.39, 0.29) is 34.0 Å². The number of nitrogens with zero attached hydrogens (tertiary/aromatic N) is 8. The van der Waals surface area contributed by atoms with E-state index in [1.807, 2.05) is 0 Å². The number of aliphatic hydroxyl groups is 2. The van der Waals surface area contributed by atoms with Gasteiger partial charge in [0.05, 0.1) is 19.3 Å². The largest absolute Gasteiger partial charge is 0.472 e. The lowest BCUT2D eigenvalue weighted by atomic mass is 10.1. The lowest BCUT2D eigenvalue weighted by Crippen LogP contribution is -2.35. The molecule has 42 heavy (non-hydrogen) atoms. The Balaban J connectivity index is 1.14. The fourth-order valence-electron chi connectivity index (χ4n) is 4.72. The van der Waals surface area contributed by atoms with Gasteiger partial charge in [0.2, 0.25) is 0 Å². The summed E-state index contributed by atoms with van der Waals surface area (Å²) in [5.74, 6) is -0.216. The second kappa shape index (κ2) is 10.6. The summed E-state index contributed by atoms with van der Waals surface area (Å²) < 4.78 is 70.3. The Morgan fingerprint density at radius 2 is 1.69 bits per heavy atom. The summed E-state index contributed by atoms with van der Waals surface area (Å²) >= 11 is 0. The van der Waals surface area contributed by atoms with Crippen molar-refractivity contribution in [1.82, 2.24) is 39.0 Å². The standard InChI is InChI=1S/C20H23F2N10O9P/c1-37-19-12(11(34)18(40-19)31-4-27-8-13(23)25-3-26-15(8)31)41-42(35,36)38-2-6-10(33)7(21)17(39-6)32-5-28-9-14(24)29-20(22)30-16(9)32/h3-7,10-12,17-19,33-34H,2H2,1H3,(H,35,36)(H2,23,25,26)(H2,24,29,30)/t6-,7+,10+,11+,12-,17-,18-,19+/m1/s1. The molecular formula is C20H23F2N10O9P. The fraction of sp³-hybridized carbons (Fsp3) is 0.500. The van der Waals surface area contributed by atoms with Gasteiger partial charge >= 0.3 is 13.9 Å². The Kier molecular flexibility index (Phi) is 7.23. The molecule has 0 spiro atoms. The van der Waals surface area contributed by atoms with Crippen molar-refractivity contribution < 1.29 is 51.7 Å². The van der Waals surface area contributed by atoms with Crippen LogP contribution < -0.4 is 11.5 Å². The highest BCUT2D eigenvalue weighted by molar-refractivity contribution is 7.47. The maximum Gasteiger partial charge on any atom is 0.472 e. The highest BCUT2D eigenvalue weighted by Gasteiger charge is 2.51. The quantitative estimate of drug-likeness (QED) is 0.116. The number of rotatable bonds is 8. The van der Waals surface area contributed by atoms with E-state index in [9.17, 15) is 24.1 Å². The molecule has 0 amide bonds. The monoisotopic (exact) mass is 616 g/mol. The summed E-state index contributed by atoms with van der Waals surface area (Å²) in [4.78, 5) is 33.2. The summed E-state index contributed by atoms with van der Waals surface area (Å²) in [5.41, 5.74) is 11.6. The van der Waals surface area contributed by atoms with E-state index < -0.39 is 69.8 Å². The number of fused-ring (bicyclic) bond motifs is 2. The summed E-state index contributed by atoms with van der Waals surface area (Å²) in [7, 11) is -3.82. The van der Waals surface area contributed by atoms with Crippen molar-refractivity contribution in [2.24, 2.45) is 0 Å². The minimum Gasteiger partial charge on any atom is -0.387 e. The van der Waals surface area contributed by atoms with Gasteiger partial charge in [0.25, 0.3) is 0 Å². The molecule has 7 N–H and O–H groups in total. The number of phosphoric acid groups is 1. The first-order valence-corrected chi connectivity index (χ1v) is 13.6. The van der Waals surface area contributed by atoms with Crippen LogP contribution >= 0.6 is 7.82 Å². The molecule has 1 unspecified atom stereocenters. The third-order valence-corrected chi connectivity index (χ3v) is 7.70. The number of aromatic nitrogens is 8. The summed E-state index contributed by atoms with van der Waals surface area (Å²) in [5, 5.41) is 21.3. The molecule has 2 aliphatic heterocycles. The Labute approximate surface area is 232 Å². The van der Waals surface area contributed by atoms with Crippen molar-refractivity contribution in [2.45, 2.75) is 49.3 Å². The number of aliphatic hydroxyl groups excluding tert-OH is 2. The number of phosphoric ester groups is 1. The van der Waals surface area contributed by atoms with Crippen LogP contribution in [0.15, 0.2) is 19.0 Å². The third kappa shape index (κ3) is 4.83. The number of nitrogen functional groups attached to an aromatic ring is 2. The van der Waals surface area contributed by atoms with Crippen LogP contribution in [-0.4, -0.2) is 105 Å². The van der Waals surface area contributed by atoms with Gasteiger partial charge in [-0.2, -0.15) is 14.4 Å². The first-order chi connectivity index (χ1) is 20.0. The van der Waals surface area contributed by atoms with Crippen molar-refractivity contribution >= 4 is 41.8 Å². The molecule has 2 aliphatic rings. The van der Waals surface area contributed by atoms with Gasteiger partial charge in [-0.05, 0) is 0 Å². The van der Waals surface area contributed by atoms with Crippen molar-refractivity contribution in [3.63, 3.8) is 0 Å². The SMILES string of the molecule is CO[C@H]1O[C@@H](n2cnc3c(N)ncnc32)[C@@H](O)[C@H]1OP(=O)(O)OC[C@H]1O[C@@H](n2cnc3c(N)nc(F)nc32)[C@@H](F)[C@H]1O. The average Bonchev–Trinajstić information content (AvgIpc) is 3.69. The summed E-state index contributed by atoms with van der Waals surface area (Å²) in [6, 6.07) is 0. The number of hydrogen-bond donors (Lipinski definition) is 5. The van der Waals surface area contributed by atoms with Gasteiger partial charge in [-0.15, -0.1) is 0 Å². The topological polar surface area (TPSA) is 263 Å². The first kappa shape index (κ1) is 28.6. The van der Waals surface area contributed by atoms with Crippen LogP contribution in [0.5, 0.6) is 0 Å².